The zero-order valence-corrected chi connectivity index (χ0v) is 19.3. The van der Waals surface area contributed by atoms with Crippen LogP contribution in [0.1, 0.15) is 29.5 Å². The van der Waals surface area contributed by atoms with Gasteiger partial charge in [0, 0.05) is 39.6 Å². The summed E-state index contributed by atoms with van der Waals surface area (Å²) in [5.41, 5.74) is 3.48. The Morgan fingerprint density at radius 3 is 2.38 bits per heavy atom. The van der Waals surface area contributed by atoms with E-state index < -0.39 is 0 Å². The lowest BCUT2D eigenvalue weighted by atomic mass is 10.1. The molecule has 0 radical (unpaired) electrons. The summed E-state index contributed by atoms with van der Waals surface area (Å²) in [6.45, 7) is 2.91. The summed E-state index contributed by atoms with van der Waals surface area (Å²) in [5, 5.41) is 6.66. The number of ether oxygens (including phenoxy) is 1. The van der Waals surface area contributed by atoms with Crippen LogP contribution in [0.15, 0.2) is 53.5 Å². The molecular weight excluding hydrogens is 479 g/mol. The number of likely N-dealkylation sites (tertiary alicyclic amines) is 1. The van der Waals surface area contributed by atoms with Crippen LogP contribution in [0, 0.1) is 0 Å². The van der Waals surface area contributed by atoms with E-state index in [1.807, 2.05) is 35.2 Å². The first-order valence-electron chi connectivity index (χ1n) is 9.61. The average molecular weight is 508 g/mol. The van der Waals surface area contributed by atoms with Crippen LogP contribution < -0.4 is 15.4 Å². The summed E-state index contributed by atoms with van der Waals surface area (Å²) >= 11 is 0. The molecule has 2 aromatic carbocycles. The third-order valence-electron chi connectivity index (χ3n) is 4.84. The van der Waals surface area contributed by atoms with Gasteiger partial charge in [0.05, 0.1) is 7.11 Å². The number of carbonyl (C=O) groups excluding carboxylic acids is 1. The zero-order chi connectivity index (χ0) is 19.8. The van der Waals surface area contributed by atoms with Crippen LogP contribution in [-0.2, 0) is 24.4 Å². The Bertz CT molecular complexity index is 824. The smallest absolute Gasteiger partial charge is 0.222 e. The summed E-state index contributed by atoms with van der Waals surface area (Å²) in [7, 11) is 3.43. The number of amides is 1. The Kier molecular flexibility index (Phi) is 9.24. The van der Waals surface area contributed by atoms with Crippen molar-refractivity contribution >= 4 is 35.8 Å². The first-order valence-corrected chi connectivity index (χ1v) is 9.61. The number of methoxy groups -OCH3 is 1. The lowest BCUT2D eigenvalue weighted by Crippen LogP contribution is -2.36. The van der Waals surface area contributed by atoms with E-state index in [9.17, 15) is 4.79 Å². The molecule has 1 saturated heterocycles. The summed E-state index contributed by atoms with van der Waals surface area (Å²) in [4.78, 5) is 18.0. The van der Waals surface area contributed by atoms with Gasteiger partial charge in [-0.25, -0.2) is 0 Å². The molecule has 1 heterocycles. The van der Waals surface area contributed by atoms with E-state index in [0.29, 0.717) is 26.1 Å². The van der Waals surface area contributed by atoms with Gasteiger partial charge in [-0.05, 0) is 35.2 Å². The summed E-state index contributed by atoms with van der Waals surface area (Å²) < 4.78 is 5.18. The molecule has 0 atom stereocenters. The van der Waals surface area contributed by atoms with Crippen LogP contribution in [0.4, 0.5) is 0 Å². The van der Waals surface area contributed by atoms with Crippen molar-refractivity contribution in [2.75, 3.05) is 20.7 Å². The van der Waals surface area contributed by atoms with Gasteiger partial charge in [-0.2, -0.15) is 0 Å². The van der Waals surface area contributed by atoms with Gasteiger partial charge in [0.15, 0.2) is 5.96 Å². The van der Waals surface area contributed by atoms with Crippen molar-refractivity contribution in [2.45, 2.75) is 32.5 Å². The number of nitrogens with one attached hydrogen (secondary N) is 2. The van der Waals surface area contributed by atoms with Crippen LogP contribution in [0.3, 0.4) is 0 Å². The second-order valence-corrected chi connectivity index (χ2v) is 6.87. The molecule has 2 N–H and O–H groups in total. The van der Waals surface area contributed by atoms with Crippen molar-refractivity contribution in [1.29, 1.82) is 0 Å². The molecule has 6 nitrogen and oxygen atoms in total. The Hall–Kier alpha value is -2.29. The lowest BCUT2D eigenvalue weighted by molar-refractivity contribution is -0.128. The second kappa shape index (κ2) is 11.6. The van der Waals surface area contributed by atoms with Gasteiger partial charge in [-0.3, -0.25) is 9.79 Å². The molecule has 1 aliphatic heterocycles. The Labute approximate surface area is 189 Å². The van der Waals surface area contributed by atoms with Gasteiger partial charge in [-0.15, -0.1) is 24.0 Å². The third-order valence-corrected chi connectivity index (χ3v) is 4.84. The molecule has 1 fully saturated rings. The molecule has 1 aliphatic rings. The van der Waals surface area contributed by atoms with Gasteiger partial charge < -0.3 is 20.3 Å². The van der Waals surface area contributed by atoms with Gasteiger partial charge in [0.2, 0.25) is 5.91 Å². The van der Waals surface area contributed by atoms with Gasteiger partial charge in [-0.1, -0.05) is 36.4 Å². The molecule has 0 aromatic heterocycles. The van der Waals surface area contributed by atoms with Gasteiger partial charge in [0.1, 0.15) is 5.75 Å². The number of aliphatic imine (C=N–C) groups is 1. The van der Waals surface area contributed by atoms with E-state index in [1.165, 1.54) is 0 Å². The van der Waals surface area contributed by atoms with Crippen molar-refractivity contribution < 1.29 is 9.53 Å². The van der Waals surface area contributed by atoms with Gasteiger partial charge >= 0.3 is 0 Å². The Morgan fingerprint density at radius 2 is 1.76 bits per heavy atom. The maximum absolute atomic E-state index is 11.8. The fourth-order valence-corrected chi connectivity index (χ4v) is 3.27. The van der Waals surface area contributed by atoms with Crippen molar-refractivity contribution in [1.82, 2.24) is 15.5 Å². The number of guanidine groups is 1. The molecule has 1 amide bonds. The largest absolute Gasteiger partial charge is 0.497 e. The molecule has 0 saturated carbocycles. The number of carbonyl (C=O) groups is 1. The van der Waals surface area contributed by atoms with Crippen LogP contribution in [0.25, 0.3) is 0 Å². The molecule has 0 unspecified atom stereocenters. The summed E-state index contributed by atoms with van der Waals surface area (Å²) in [5.74, 6) is 1.85. The topological polar surface area (TPSA) is 66.0 Å². The van der Waals surface area contributed by atoms with Crippen LogP contribution in [0.5, 0.6) is 5.75 Å². The standard InChI is InChI=1S/C22H28N4O2.HI/c1-23-22(24-14-17-8-10-20(28-2)11-9-17)25-15-18-5-3-6-19(13-18)16-26-12-4-7-21(26)27;/h3,5-6,8-11,13H,4,7,12,14-16H2,1-2H3,(H2,23,24,25);1H. The van der Waals surface area contributed by atoms with E-state index in [2.05, 4.69) is 33.8 Å². The predicted molar refractivity (Wildman–Crippen MR) is 127 cm³/mol. The molecule has 0 spiro atoms. The number of rotatable bonds is 7. The third kappa shape index (κ3) is 6.92. The van der Waals surface area contributed by atoms with Crippen LogP contribution in [0.2, 0.25) is 0 Å². The predicted octanol–water partition coefficient (Wildman–Crippen LogP) is 3.30. The molecular formula is C22H29IN4O2. The van der Waals surface area contributed by atoms with Crippen molar-refractivity contribution in [2.24, 2.45) is 4.99 Å². The number of halogens is 1. The van der Waals surface area contributed by atoms with E-state index in [0.717, 1.165) is 41.4 Å². The number of benzene rings is 2. The average Bonchev–Trinajstić information content (AvgIpc) is 3.13. The Morgan fingerprint density at radius 1 is 1.07 bits per heavy atom. The lowest BCUT2D eigenvalue weighted by Gasteiger charge is -2.16. The van der Waals surface area contributed by atoms with E-state index >= 15 is 0 Å². The molecule has 7 heteroatoms. The van der Waals surface area contributed by atoms with Crippen molar-refractivity contribution in [3.05, 3.63) is 65.2 Å². The normalized spacial score (nSPS) is 13.8. The zero-order valence-electron chi connectivity index (χ0n) is 17.0. The highest BCUT2D eigenvalue weighted by molar-refractivity contribution is 14.0. The summed E-state index contributed by atoms with van der Waals surface area (Å²) in [6, 6.07) is 16.3. The molecule has 0 bridgehead atoms. The monoisotopic (exact) mass is 508 g/mol. The minimum Gasteiger partial charge on any atom is -0.497 e. The van der Waals surface area contributed by atoms with E-state index in [-0.39, 0.29) is 29.9 Å². The minimum atomic E-state index is 0. The van der Waals surface area contributed by atoms with Crippen molar-refractivity contribution in [3.8, 4) is 5.75 Å². The molecule has 2 aromatic rings. The van der Waals surface area contributed by atoms with E-state index in [4.69, 9.17) is 4.74 Å². The molecule has 3 rings (SSSR count). The first-order chi connectivity index (χ1) is 13.7. The number of hydrogen-bond acceptors (Lipinski definition) is 3. The minimum absolute atomic E-state index is 0. The molecule has 29 heavy (non-hydrogen) atoms. The second-order valence-electron chi connectivity index (χ2n) is 6.87. The highest BCUT2D eigenvalue weighted by Gasteiger charge is 2.19. The fourth-order valence-electron chi connectivity index (χ4n) is 3.27. The maximum Gasteiger partial charge on any atom is 0.222 e. The Balaban J connectivity index is 0.00000300. The van der Waals surface area contributed by atoms with Gasteiger partial charge in [0.25, 0.3) is 0 Å². The molecule has 156 valence electrons. The van der Waals surface area contributed by atoms with Crippen molar-refractivity contribution in [3.63, 3.8) is 0 Å². The number of nitrogens with zero attached hydrogens (tertiary/aromatic N) is 2. The maximum atomic E-state index is 11.8. The highest BCUT2D eigenvalue weighted by Crippen LogP contribution is 2.15. The molecule has 0 aliphatic carbocycles. The first kappa shape index (κ1) is 23.0. The fraction of sp³-hybridized carbons (Fsp3) is 0.364. The van der Waals surface area contributed by atoms with E-state index in [1.54, 1.807) is 14.2 Å². The highest BCUT2D eigenvalue weighted by atomic mass is 127. The van der Waals surface area contributed by atoms with Crippen LogP contribution >= 0.6 is 24.0 Å². The number of hydrogen-bond donors (Lipinski definition) is 2. The summed E-state index contributed by atoms with van der Waals surface area (Å²) in [6.07, 6.45) is 1.65. The quantitative estimate of drug-likeness (QED) is 0.342. The van der Waals surface area contributed by atoms with Crippen LogP contribution in [-0.4, -0.2) is 37.5 Å². The SMILES string of the molecule is CN=C(NCc1ccc(OC)cc1)NCc1cccc(CN2CCCC2=O)c1.I.